The fourth-order valence-corrected chi connectivity index (χ4v) is 11.7. The molecular weight excluding hydrogens is 989 g/mol. The van der Waals surface area contributed by atoms with Crippen LogP contribution in [0.4, 0.5) is 0 Å². The number of aromatic nitrogens is 3. The molecule has 1 aromatic carbocycles. The Hall–Kier alpha value is -5.32. The van der Waals surface area contributed by atoms with Crippen LogP contribution in [0, 0.1) is 23.7 Å². The third kappa shape index (κ3) is 16.6. The minimum atomic E-state index is -0.901. The van der Waals surface area contributed by atoms with Crippen LogP contribution < -0.4 is 16.0 Å². The molecule has 2 aromatic rings. The van der Waals surface area contributed by atoms with Gasteiger partial charge in [-0.2, -0.15) is 0 Å². The predicted molar refractivity (Wildman–Crippen MR) is 288 cm³/mol. The molecule has 4 heterocycles. The Labute approximate surface area is 455 Å². The second-order valence-electron chi connectivity index (χ2n) is 21.6. The number of hydrogen-bond donors (Lipinski definition) is 3. The number of amides is 6. The molecule has 2 saturated heterocycles. The van der Waals surface area contributed by atoms with Crippen molar-refractivity contribution >= 4 is 35.4 Å². The molecule has 2 bridgehead atoms. The second-order valence-corrected chi connectivity index (χ2v) is 21.6. The normalized spacial score (nSPS) is 22.0. The average Bonchev–Trinajstić information content (AvgIpc) is 4.31. The summed E-state index contributed by atoms with van der Waals surface area (Å²) in [6, 6.07) is 7.07. The van der Waals surface area contributed by atoms with Gasteiger partial charge in [0.15, 0.2) is 0 Å². The lowest BCUT2D eigenvalue weighted by atomic mass is 9.89. The van der Waals surface area contributed by atoms with Gasteiger partial charge in [-0.05, 0) is 62.5 Å². The first-order valence-electron chi connectivity index (χ1n) is 27.9. The van der Waals surface area contributed by atoms with E-state index in [0.29, 0.717) is 89.7 Å². The molecule has 6 amide bonds. The van der Waals surface area contributed by atoms with Crippen molar-refractivity contribution in [3.63, 3.8) is 0 Å². The number of nitrogens with zero attached hydrogens (tertiary/aromatic N) is 7. The van der Waals surface area contributed by atoms with E-state index in [1.165, 1.54) is 7.11 Å². The Kier molecular flexibility index (Phi) is 23.8. The number of methoxy groups -OCH3 is 2. The summed E-state index contributed by atoms with van der Waals surface area (Å²) in [7, 11) is 6.86. The smallest absolute Gasteiger partial charge is 0.246 e. The monoisotopic (exact) mass is 1080 g/mol. The van der Waals surface area contributed by atoms with E-state index in [2.05, 4.69) is 38.1 Å². The van der Waals surface area contributed by atoms with Crippen molar-refractivity contribution < 1.29 is 52.5 Å². The molecule has 428 valence electrons. The molecule has 77 heavy (non-hydrogen) atoms. The summed E-state index contributed by atoms with van der Waals surface area (Å²) >= 11 is 0. The summed E-state index contributed by atoms with van der Waals surface area (Å²) in [6.07, 6.45) is 9.26. The van der Waals surface area contributed by atoms with Gasteiger partial charge in [-0.15, -0.1) is 5.10 Å². The molecule has 6 rings (SSSR count). The highest BCUT2D eigenvalue weighted by Gasteiger charge is 2.49. The number of fused-ring (bicyclic) bond motifs is 2. The van der Waals surface area contributed by atoms with Crippen LogP contribution in [0.25, 0.3) is 0 Å². The number of benzene rings is 1. The number of nitrogens with one attached hydrogen (secondary N) is 3. The van der Waals surface area contributed by atoms with Crippen LogP contribution in [0.2, 0.25) is 0 Å². The average molecular weight is 1080 g/mol. The van der Waals surface area contributed by atoms with Gasteiger partial charge in [0, 0.05) is 59.4 Å². The van der Waals surface area contributed by atoms with E-state index in [1.54, 1.807) is 52.7 Å². The van der Waals surface area contributed by atoms with E-state index < -0.39 is 42.3 Å². The highest BCUT2D eigenvalue weighted by atomic mass is 16.5. The van der Waals surface area contributed by atoms with E-state index in [4.69, 9.17) is 23.7 Å². The first kappa shape index (κ1) is 60.9. The lowest BCUT2D eigenvalue weighted by Gasteiger charge is -2.41. The maximum absolute atomic E-state index is 14.5. The molecule has 1 saturated carbocycles. The first-order valence-corrected chi connectivity index (χ1v) is 27.9. The molecule has 21 nitrogen and oxygen atoms in total. The molecule has 11 atom stereocenters. The minimum Gasteiger partial charge on any atom is -0.379 e. The van der Waals surface area contributed by atoms with Gasteiger partial charge in [0.2, 0.25) is 35.4 Å². The Morgan fingerprint density at radius 1 is 0.883 bits per heavy atom. The van der Waals surface area contributed by atoms with Crippen molar-refractivity contribution in [2.75, 3.05) is 87.6 Å². The molecule has 4 aliphatic rings. The van der Waals surface area contributed by atoms with E-state index in [9.17, 15) is 28.8 Å². The number of carbonyl (C=O) groups excluding carboxylic acids is 6. The van der Waals surface area contributed by atoms with E-state index in [1.807, 2.05) is 64.2 Å². The summed E-state index contributed by atoms with van der Waals surface area (Å²) in [5.74, 6) is -1.93. The topological polar surface area (TPSA) is 228 Å². The lowest BCUT2D eigenvalue weighted by molar-refractivity contribution is -0.148. The molecule has 3 fully saturated rings. The van der Waals surface area contributed by atoms with Gasteiger partial charge in [0.05, 0.1) is 102 Å². The van der Waals surface area contributed by atoms with Gasteiger partial charge in [0.1, 0.15) is 17.8 Å². The third-order valence-corrected chi connectivity index (χ3v) is 16.2. The molecular formula is C56H88N10O11. The van der Waals surface area contributed by atoms with Crippen molar-refractivity contribution in [1.29, 1.82) is 0 Å². The maximum atomic E-state index is 14.5. The van der Waals surface area contributed by atoms with Crippen LogP contribution in [0.3, 0.4) is 0 Å². The van der Waals surface area contributed by atoms with Crippen LogP contribution in [0.1, 0.15) is 90.8 Å². The zero-order valence-electron chi connectivity index (χ0n) is 47.1. The van der Waals surface area contributed by atoms with Crippen molar-refractivity contribution in [2.45, 2.75) is 148 Å². The van der Waals surface area contributed by atoms with Crippen molar-refractivity contribution in [3.8, 4) is 0 Å². The Morgan fingerprint density at radius 3 is 2.23 bits per heavy atom. The Morgan fingerprint density at radius 2 is 1.60 bits per heavy atom. The molecule has 0 spiro atoms. The largest absolute Gasteiger partial charge is 0.379 e. The molecule has 0 radical (unpaired) electrons. The molecule has 3 aliphatic heterocycles. The Balaban J connectivity index is 0.957. The van der Waals surface area contributed by atoms with Crippen molar-refractivity contribution in [2.24, 2.45) is 23.7 Å². The zero-order chi connectivity index (χ0) is 55.6. The van der Waals surface area contributed by atoms with Crippen molar-refractivity contribution in [3.05, 3.63) is 59.9 Å². The SMILES string of the molecule is CC[C@H](C)[C@@H]([C@@H](CC(=O)N1CCC[C@H]1[C@H](OC)[C@@H](C)C(=O)N[C@@H](Cc1ccccc1)C(=O)NCCOCCOCCOCCn1cc(CN2CC=CC2=O)nn1)OC)N(C)C(=O)[C@@H](NC(=O)C1[C@H]2CC[C@H](C2)N1C)C(C)C. The number of likely N-dealkylation sites (N-methyl/N-ethyl adjacent to an activating group) is 2. The highest BCUT2D eigenvalue weighted by molar-refractivity contribution is 5.91. The van der Waals surface area contributed by atoms with Gasteiger partial charge in [-0.3, -0.25) is 33.7 Å². The highest BCUT2D eigenvalue weighted by Crippen LogP contribution is 2.41. The Bertz CT molecular complexity index is 2250. The molecule has 21 heteroatoms. The van der Waals surface area contributed by atoms with Gasteiger partial charge in [-0.1, -0.05) is 82.7 Å². The number of likely N-dealkylation sites (tertiary alicyclic amines) is 2. The predicted octanol–water partition coefficient (Wildman–Crippen LogP) is 2.61. The summed E-state index contributed by atoms with van der Waals surface area (Å²) in [4.78, 5) is 89.8. The van der Waals surface area contributed by atoms with Crippen LogP contribution in [0.15, 0.2) is 48.7 Å². The maximum Gasteiger partial charge on any atom is 0.246 e. The quantitative estimate of drug-likeness (QED) is 0.0874. The number of rotatable bonds is 33. The first-order chi connectivity index (χ1) is 37.1. The van der Waals surface area contributed by atoms with Gasteiger partial charge < -0.3 is 54.3 Å². The third-order valence-electron chi connectivity index (χ3n) is 16.2. The van der Waals surface area contributed by atoms with Crippen LogP contribution >= 0.6 is 0 Å². The van der Waals surface area contributed by atoms with Crippen LogP contribution in [0.5, 0.6) is 0 Å². The van der Waals surface area contributed by atoms with Gasteiger partial charge >= 0.3 is 0 Å². The fraction of sp³-hybridized carbons (Fsp3) is 0.714. The lowest BCUT2D eigenvalue weighted by Crippen LogP contribution is -2.60. The minimum absolute atomic E-state index is 0.00549. The van der Waals surface area contributed by atoms with Crippen LogP contribution in [-0.4, -0.2) is 206 Å². The zero-order valence-corrected chi connectivity index (χ0v) is 47.1. The second kappa shape index (κ2) is 30.2. The standard InChI is InChI=1S/C56H88N10O11/c1-10-38(4)50(63(7)56(72)49(37(2)3)59-55(71)51-41-20-21-43(33-41)62(51)6)46(73-8)34-48(68)66-24-14-18-45(66)52(74-9)39(5)53(69)58-44(32-40-16-12-11-13-17-40)54(70)57-22-26-75-28-30-77-31-29-76-27-25-65-36-42(60-61-65)35-64-23-15-19-47(64)67/h11-13,15-17,19,36-39,41,43-46,49-52H,10,14,18,20-35H2,1-9H3,(H,57,70)(H,58,69)(H,59,71)/t38-,39+,41-,43+,44-,45-,46+,49-,50-,51?,52+/m0/s1. The number of hydrogen-bond acceptors (Lipinski definition) is 14. The van der Waals surface area contributed by atoms with E-state index in [0.717, 1.165) is 31.2 Å². The summed E-state index contributed by atoms with van der Waals surface area (Å²) in [6.45, 7) is 14.0. The summed E-state index contributed by atoms with van der Waals surface area (Å²) in [5, 5.41) is 17.3. The van der Waals surface area contributed by atoms with Gasteiger partial charge in [-0.25, -0.2) is 4.68 Å². The van der Waals surface area contributed by atoms with E-state index >= 15 is 0 Å². The summed E-state index contributed by atoms with van der Waals surface area (Å²) in [5.41, 5.74) is 1.59. The molecule has 1 aliphatic carbocycles. The molecule has 1 aromatic heterocycles. The number of piperidine rings is 1. The van der Waals surface area contributed by atoms with Crippen LogP contribution in [-0.2, 0) is 72.0 Å². The molecule has 1 unspecified atom stereocenters. The van der Waals surface area contributed by atoms with Gasteiger partial charge in [0.25, 0.3) is 0 Å². The number of carbonyl (C=O) groups is 6. The van der Waals surface area contributed by atoms with E-state index in [-0.39, 0.29) is 79.3 Å². The van der Waals surface area contributed by atoms with Crippen molar-refractivity contribution in [1.82, 2.24) is 50.5 Å². The molecule has 3 N–H and O–H groups in total. The number of ether oxygens (including phenoxy) is 5. The fourth-order valence-electron chi connectivity index (χ4n) is 11.7. The summed E-state index contributed by atoms with van der Waals surface area (Å²) < 4.78 is 30.9.